The maximum absolute atomic E-state index is 10.2. The zero-order chi connectivity index (χ0) is 10.5. The van der Waals surface area contributed by atoms with Gasteiger partial charge in [0, 0.05) is 6.42 Å². The molecule has 80 valence electrons. The first-order chi connectivity index (χ1) is 5.88. The highest BCUT2D eigenvalue weighted by atomic mass is 32.2. The quantitative estimate of drug-likeness (QED) is 0.367. The molecule has 0 heterocycles. The van der Waals surface area contributed by atoms with E-state index >= 15 is 0 Å². The molecule has 0 saturated carbocycles. The fourth-order valence-corrected chi connectivity index (χ4v) is 1.12. The zero-order valence-electron chi connectivity index (χ0n) is 7.30. The van der Waals surface area contributed by atoms with Gasteiger partial charge in [-0.05, 0) is 13.0 Å². The van der Waals surface area contributed by atoms with E-state index in [1.807, 2.05) is 6.92 Å². The van der Waals surface area contributed by atoms with Crippen LogP contribution >= 0.6 is 0 Å². The molecule has 0 radical (unpaired) electrons. The molecule has 0 bridgehead atoms. The molecule has 0 amide bonds. The summed E-state index contributed by atoms with van der Waals surface area (Å²) in [4.78, 5) is 0. The lowest BCUT2D eigenvalue weighted by molar-refractivity contribution is 0.0863. The predicted molar refractivity (Wildman–Crippen MR) is 44.6 cm³/mol. The summed E-state index contributed by atoms with van der Waals surface area (Å²) >= 11 is 0. The number of aliphatic hydroxyl groups excluding tert-OH is 2. The Morgan fingerprint density at radius 2 is 2.00 bits per heavy atom. The third-order valence-electron chi connectivity index (χ3n) is 1.39. The van der Waals surface area contributed by atoms with Crippen LogP contribution in [-0.4, -0.2) is 41.4 Å². The molecule has 0 saturated heterocycles. The van der Waals surface area contributed by atoms with Crippen molar-refractivity contribution in [3.8, 4) is 0 Å². The minimum Gasteiger partial charge on any atom is -0.746 e. The Morgan fingerprint density at radius 3 is 2.38 bits per heavy atom. The van der Waals surface area contributed by atoms with Gasteiger partial charge in [-0.15, -0.1) is 0 Å². The van der Waals surface area contributed by atoms with Crippen LogP contribution in [0.4, 0.5) is 0 Å². The van der Waals surface area contributed by atoms with Gasteiger partial charge in [-0.25, -0.2) is 8.42 Å². The molecule has 3 N–H and O–H groups in total. The molecule has 2 unspecified atom stereocenters. The first-order valence-corrected chi connectivity index (χ1v) is 5.39. The van der Waals surface area contributed by atoms with Crippen molar-refractivity contribution < 1.29 is 23.2 Å². The van der Waals surface area contributed by atoms with Crippen LogP contribution < -0.4 is 5.32 Å². The van der Waals surface area contributed by atoms with E-state index in [1.165, 1.54) is 0 Å². The Balaban J connectivity index is 3.85. The van der Waals surface area contributed by atoms with Crippen molar-refractivity contribution in [3.05, 3.63) is 0 Å². The van der Waals surface area contributed by atoms with Crippen LogP contribution in [0.5, 0.6) is 0 Å². The number of nitrogens with one attached hydrogen (secondary N) is 1. The summed E-state index contributed by atoms with van der Waals surface area (Å²) in [6.07, 6.45) is -0.915. The fourth-order valence-electron chi connectivity index (χ4n) is 0.703. The molecular formula is C6H14NO5S-. The minimum atomic E-state index is -4.72. The van der Waals surface area contributed by atoms with Crippen LogP contribution in [0.1, 0.15) is 19.8 Å². The molecule has 0 aromatic carbocycles. The second-order valence-electron chi connectivity index (χ2n) is 2.65. The van der Waals surface area contributed by atoms with Crippen molar-refractivity contribution in [2.24, 2.45) is 0 Å². The molecular weight excluding hydrogens is 198 g/mol. The normalized spacial score (nSPS) is 16.9. The van der Waals surface area contributed by atoms with E-state index in [2.05, 4.69) is 5.32 Å². The number of aliphatic hydroxyl groups is 2. The maximum atomic E-state index is 10.2. The number of hydrogen-bond acceptors (Lipinski definition) is 6. The van der Waals surface area contributed by atoms with E-state index in [9.17, 15) is 13.0 Å². The smallest absolute Gasteiger partial charge is 0.147 e. The molecule has 0 aliphatic heterocycles. The van der Waals surface area contributed by atoms with E-state index in [1.54, 1.807) is 0 Å². The molecule has 0 fully saturated rings. The van der Waals surface area contributed by atoms with Gasteiger partial charge in [0.25, 0.3) is 0 Å². The molecule has 0 aliphatic carbocycles. The monoisotopic (exact) mass is 212 g/mol. The molecule has 0 aliphatic rings. The van der Waals surface area contributed by atoms with Crippen LogP contribution in [0.25, 0.3) is 0 Å². The summed E-state index contributed by atoms with van der Waals surface area (Å²) in [7, 11) is -4.72. The van der Waals surface area contributed by atoms with Crippen LogP contribution in [0.15, 0.2) is 0 Å². The summed E-state index contributed by atoms with van der Waals surface area (Å²) in [6.45, 7) is 2.35. The van der Waals surface area contributed by atoms with Gasteiger partial charge in [-0.1, -0.05) is 6.92 Å². The van der Waals surface area contributed by atoms with Gasteiger partial charge >= 0.3 is 0 Å². The van der Waals surface area contributed by atoms with Gasteiger partial charge < -0.3 is 14.8 Å². The Kier molecular flexibility index (Phi) is 5.42. The van der Waals surface area contributed by atoms with Crippen molar-refractivity contribution in [1.29, 1.82) is 0 Å². The van der Waals surface area contributed by atoms with Gasteiger partial charge in [-0.3, -0.25) is 5.32 Å². The lowest BCUT2D eigenvalue weighted by atomic mass is 10.4. The van der Waals surface area contributed by atoms with Crippen molar-refractivity contribution in [3.63, 3.8) is 0 Å². The maximum Gasteiger partial charge on any atom is 0.147 e. The third kappa shape index (κ3) is 5.94. The Bertz CT molecular complexity index is 227. The van der Waals surface area contributed by atoms with E-state index < -0.39 is 28.2 Å². The first-order valence-electron chi connectivity index (χ1n) is 3.92. The molecule has 13 heavy (non-hydrogen) atoms. The van der Waals surface area contributed by atoms with E-state index in [-0.39, 0.29) is 0 Å². The third-order valence-corrected chi connectivity index (χ3v) is 2.25. The van der Waals surface area contributed by atoms with E-state index in [4.69, 9.17) is 10.2 Å². The highest BCUT2D eigenvalue weighted by molar-refractivity contribution is 7.86. The summed E-state index contributed by atoms with van der Waals surface area (Å²) in [6, 6.07) is 0. The van der Waals surface area contributed by atoms with Crippen molar-refractivity contribution in [2.75, 3.05) is 6.54 Å². The van der Waals surface area contributed by atoms with Gasteiger partial charge in [0.2, 0.25) is 0 Å². The topological polar surface area (TPSA) is 110 Å². The average molecular weight is 212 g/mol. The Hall–Kier alpha value is -0.210. The summed E-state index contributed by atoms with van der Waals surface area (Å²) in [5, 5.41) is 20.3. The van der Waals surface area contributed by atoms with Gasteiger partial charge in [0.05, 0.1) is 0 Å². The SMILES string of the molecule is CCCNC(O)CC(O)S(=O)(=O)[O-]. The molecule has 2 atom stereocenters. The minimum absolute atomic E-state index is 0.493. The molecule has 0 aromatic heterocycles. The fraction of sp³-hybridized carbons (Fsp3) is 1.00. The molecule has 7 heteroatoms. The van der Waals surface area contributed by atoms with Crippen molar-refractivity contribution in [2.45, 2.75) is 31.4 Å². The van der Waals surface area contributed by atoms with Crippen LogP contribution in [0, 0.1) is 0 Å². The molecule has 0 rings (SSSR count). The number of rotatable bonds is 6. The van der Waals surface area contributed by atoms with Crippen LogP contribution in [0.2, 0.25) is 0 Å². The van der Waals surface area contributed by atoms with Gasteiger partial charge in [0.1, 0.15) is 21.8 Å². The Labute approximate surface area is 77.3 Å². The molecule has 0 aromatic rings. The second kappa shape index (κ2) is 5.51. The van der Waals surface area contributed by atoms with Crippen molar-refractivity contribution >= 4 is 10.1 Å². The van der Waals surface area contributed by atoms with Gasteiger partial charge in [-0.2, -0.15) is 0 Å². The average Bonchev–Trinajstić information content (AvgIpc) is 1.99. The zero-order valence-corrected chi connectivity index (χ0v) is 8.12. The van der Waals surface area contributed by atoms with E-state index in [0.717, 1.165) is 6.42 Å². The summed E-state index contributed by atoms with van der Waals surface area (Å²) < 4.78 is 30.6. The lowest BCUT2D eigenvalue weighted by Gasteiger charge is -2.18. The van der Waals surface area contributed by atoms with Crippen LogP contribution in [0.3, 0.4) is 0 Å². The second-order valence-corrected chi connectivity index (χ2v) is 4.18. The summed E-state index contributed by atoms with van der Waals surface area (Å²) in [5.41, 5.74) is -2.05. The highest BCUT2D eigenvalue weighted by Crippen LogP contribution is 2.02. The van der Waals surface area contributed by atoms with E-state index in [0.29, 0.717) is 6.54 Å². The molecule has 0 spiro atoms. The summed E-state index contributed by atoms with van der Waals surface area (Å²) in [5.74, 6) is 0. The highest BCUT2D eigenvalue weighted by Gasteiger charge is 2.16. The molecule has 6 nitrogen and oxygen atoms in total. The first kappa shape index (κ1) is 12.8. The van der Waals surface area contributed by atoms with Crippen molar-refractivity contribution in [1.82, 2.24) is 5.32 Å². The van der Waals surface area contributed by atoms with Gasteiger partial charge in [0.15, 0.2) is 0 Å². The largest absolute Gasteiger partial charge is 0.746 e. The standard InChI is InChI=1S/C6H15NO5S/c1-2-3-7-5(8)4-6(9)13(10,11)12/h5-9H,2-4H2,1H3,(H,10,11,12)/p-1. The predicted octanol–water partition coefficient (Wildman–Crippen LogP) is -1.44. The Morgan fingerprint density at radius 1 is 1.46 bits per heavy atom. The van der Waals surface area contributed by atoms with Crippen LogP contribution in [-0.2, 0) is 10.1 Å². The number of hydrogen-bond donors (Lipinski definition) is 3. The lowest BCUT2D eigenvalue weighted by Crippen LogP contribution is -2.35.